The highest BCUT2D eigenvalue weighted by molar-refractivity contribution is 6.24. The Morgan fingerprint density at radius 3 is 2.59 bits per heavy atom. The van der Waals surface area contributed by atoms with Crippen molar-refractivity contribution in [1.82, 2.24) is 4.40 Å². The topological polar surface area (TPSA) is 17.6 Å². The van der Waals surface area contributed by atoms with Gasteiger partial charge in [0.2, 0.25) is 0 Å². The Morgan fingerprint density at radius 1 is 0.727 bits per heavy atom. The van der Waals surface area contributed by atoms with Crippen LogP contribution in [0.5, 0.6) is 0 Å². The number of fused-ring (bicyclic) bond motifs is 5. The third-order valence-electron chi connectivity index (χ3n) is 4.73. The maximum absolute atomic E-state index is 6.21. The molecule has 0 saturated heterocycles. The number of nitrogens with zero attached hydrogens (tertiary/aromatic N) is 1. The summed E-state index contributed by atoms with van der Waals surface area (Å²) in [6.07, 6.45) is 0. The van der Waals surface area contributed by atoms with Crippen molar-refractivity contribution in [3.8, 4) is 0 Å². The molecule has 4 heterocycles. The zero-order valence-corrected chi connectivity index (χ0v) is 11.7. The molecule has 102 valence electrons. The van der Waals surface area contributed by atoms with Gasteiger partial charge in [-0.3, -0.25) is 0 Å². The van der Waals surface area contributed by atoms with E-state index in [2.05, 4.69) is 59.0 Å². The van der Waals surface area contributed by atoms with Crippen LogP contribution in [-0.4, -0.2) is 4.40 Å². The summed E-state index contributed by atoms with van der Waals surface area (Å²) in [5.41, 5.74) is 5.56. The first kappa shape index (κ1) is 10.7. The monoisotopic (exact) mass is 281 g/mol. The van der Waals surface area contributed by atoms with Crippen LogP contribution in [0.4, 0.5) is 0 Å². The summed E-state index contributed by atoms with van der Waals surface area (Å²) in [4.78, 5) is 0. The molecule has 0 amide bonds. The van der Waals surface area contributed by atoms with Crippen LogP contribution in [0.1, 0.15) is 0 Å². The molecule has 0 N–H and O–H groups in total. The molecule has 6 rings (SSSR count). The van der Waals surface area contributed by atoms with Crippen molar-refractivity contribution in [2.24, 2.45) is 0 Å². The zero-order chi connectivity index (χ0) is 14.3. The van der Waals surface area contributed by atoms with Gasteiger partial charge in [-0.1, -0.05) is 42.5 Å². The zero-order valence-electron chi connectivity index (χ0n) is 11.7. The lowest BCUT2D eigenvalue weighted by Crippen LogP contribution is -1.91. The number of furan rings is 1. The van der Waals surface area contributed by atoms with Crippen molar-refractivity contribution in [2.75, 3.05) is 0 Å². The van der Waals surface area contributed by atoms with Crippen LogP contribution in [0.3, 0.4) is 0 Å². The number of para-hydroxylation sites is 2. The average Bonchev–Trinajstić information content (AvgIpc) is 3.16. The van der Waals surface area contributed by atoms with E-state index < -0.39 is 0 Å². The standard InChI is InChI=1S/C20H11NO/c1-2-7-17-14(5-1)18-15-6-3-4-12-8-9-13-10-11-16(20(18)22-17)21(13)19(12)15/h1-11H. The SMILES string of the molecule is c1ccc2c(c1)oc1c2c2cccc3ccc4ccc1n4c32. The van der Waals surface area contributed by atoms with Crippen molar-refractivity contribution in [2.45, 2.75) is 0 Å². The molecule has 0 fully saturated rings. The van der Waals surface area contributed by atoms with Gasteiger partial charge in [0.25, 0.3) is 0 Å². The van der Waals surface area contributed by atoms with Crippen molar-refractivity contribution in [1.29, 1.82) is 0 Å². The van der Waals surface area contributed by atoms with Crippen LogP contribution in [0.2, 0.25) is 0 Å². The molecule has 6 aromatic rings. The third-order valence-corrected chi connectivity index (χ3v) is 4.73. The summed E-state index contributed by atoms with van der Waals surface area (Å²) in [6.45, 7) is 0. The van der Waals surface area contributed by atoms with E-state index in [0.717, 1.165) is 16.7 Å². The highest BCUT2D eigenvalue weighted by atomic mass is 16.3. The van der Waals surface area contributed by atoms with Crippen molar-refractivity contribution < 1.29 is 4.42 Å². The lowest BCUT2D eigenvalue weighted by atomic mass is 10.0. The Labute approximate surface area is 125 Å². The van der Waals surface area contributed by atoms with E-state index in [4.69, 9.17) is 4.42 Å². The van der Waals surface area contributed by atoms with Gasteiger partial charge in [0.15, 0.2) is 5.58 Å². The first-order chi connectivity index (χ1) is 10.9. The number of pyridine rings is 2. The van der Waals surface area contributed by atoms with Gasteiger partial charge >= 0.3 is 0 Å². The molecule has 0 radical (unpaired) electrons. The number of hydrogen-bond donors (Lipinski definition) is 0. The minimum Gasteiger partial charge on any atom is -0.454 e. The first-order valence-corrected chi connectivity index (χ1v) is 7.47. The van der Waals surface area contributed by atoms with E-state index in [0.29, 0.717) is 0 Å². The molecule has 0 aliphatic carbocycles. The van der Waals surface area contributed by atoms with Gasteiger partial charge in [0, 0.05) is 21.7 Å². The molecule has 0 aliphatic heterocycles. The predicted molar refractivity (Wildman–Crippen MR) is 90.9 cm³/mol. The van der Waals surface area contributed by atoms with Gasteiger partial charge < -0.3 is 8.82 Å². The summed E-state index contributed by atoms with van der Waals surface area (Å²) >= 11 is 0. The van der Waals surface area contributed by atoms with E-state index in [-0.39, 0.29) is 0 Å². The molecular weight excluding hydrogens is 270 g/mol. The fourth-order valence-electron chi connectivity index (χ4n) is 3.82. The molecule has 0 unspecified atom stereocenters. The third kappa shape index (κ3) is 1.06. The second-order valence-corrected chi connectivity index (χ2v) is 5.86. The predicted octanol–water partition coefficient (Wildman–Crippen LogP) is 5.58. The molecule has 0 bridgehead atoms. The van der Waals surface area contributed by atoms with E-state index in [1.165, 1.54) is 32.6 Å². The molecular formula is C20H11NO. The summed E-state index contributed by atoms with van der Waals surface area (Å²) in [5.74, 6) is 0. The number of benzene rings is 2. The van der Waals surface area contributed by atoms with Crippen LogP contribution >= 0.6 is 0 Å². The van der Waals surface area contributed by atoms with Gasteiger partial charge in [0.05, 0.1) is 11.0 Å². The molecule has 2 aromatic carbocycles. The van der Waals surface area contributed by atoms with Crippen LogP contribution in [0, 0.1) is 0 Å². The van der Waals surface area contributed by atoms with E-state index in [1.54, 1.807) is 0 Å². The largest absolute Gasteiger partial charge is 0.454 e. The highest BCUT2D eigenvalue weighted by Crippen LogP contribution is 2.40. The maximum Gasteiger partial charge on any atom is 0.160 e. The lowest BCUT2D eigenvalue weighted by Gasteiger charge is -2.10. The molecule has 4 aromatic heterocycles. The van der Waals surface area contributed by atoms with E-state index >= 15 is 0 Å². The van der Waals surface area contributed by atoms with Crippen LogP contribution in [-0.2, 0) is 0 Å². The van der Waals surface area contributed by atoms with Gasteiger partial charge in [0.1, 0.15) is 5.58 Å². The molecule has 2 nitrogen and oxygen atoms in total. The first-order valence-electron chi connectivity index (χ1n) is 7.47. The molecule has 22 heavy (non-hydrogen) atoms. The fourth-order valence-corrected chi connectivity index (χ4v) is 3.82. The smallest absolute Gasteiger partial charge is 0.160 e. The normalized spacial score (nSPS) is 12.5. The average molecular weight is 281 g/mol. The highest BCUT2D eigenvalue weighted by Gasteiger charge is 2.17. The number of aromatic nitrogens is 1. The Balaban J connectivity index is 2.14. The second-order valence-electron chi connectivity index (χ2n) is 5.86. The minimum absolute atomic E-state index is 0.951. The quantitative estimate of drug-likeness (QED) is 0.355. The number of rotatable bonds is 0. The van der Waals surface area contributed by atoms with Gasteiger partial charge in [-0.25, -0.2) is 0 Å². The summed E-state index contributed by atoms with van der Waals surface area (Å²) in [6, 6.07) is 23.5. The van der Waals surface area contributed by atoms with Crippen molar-refractivity contribution >= 4 is 49.3 Å². The second kappa shape index (κ2) is 3.42. The molecule has 2 heteroatoms. The lowest BCUT2D eigenvalue weighted by molar-refractivity contribution is 0.671. The Kier molecular flexibility index (Phi) is 1.66. The van der Waals surface area contributed by atoms with Gasteiger partial charge in [-0.05, 0) is 29.7 Å². The molecule has 0 aliphatic rings. The Bertz CT molecular complexity index is 1320. The van der Waals surface area contributed by atoms with Crippen molar-refractivity contribution in [3.63, 3.8) is 0 Å². The van der Waals surface area contributed by atoms with Crippen molar-refractivity contribution in [3.05, 3.63) is 66.7 Å². The van der Waals surface area contributed by atoms with Crippen LogP contribution in [0.15, 0.2) is 71.1 Å². The van der Waals surface area contributed by atoms with Crippen LogP contribution in [0.25, 0.3) is 49.3 Å². The summed E-state index contributed by atoms with van der Waals surface area (Å²) in [7, 11) is 0. The summed E-state index contributed by atoms with van der Waals surface area (Å²) < 4.78 is 8.52. The van der Waals surface area contributed by atoms with Crippen LogP contribution < -0.4 is 0 Å². The van der Waals surface area contributed by atoms with Gasteiger partial charge in [-0.15, -0.1) is 0 Å². The van der Waals surface area contributed by atoms with E-state index in [1.807, 2.05) is 12.1 Å². The number of hydrogen-bond acceptors (Lipinski definition) is 1. The maximum atomic E-state index is 6.21. The Morgan fingerprint density at radius 2 is 1.59 bits per heavy atom. The summed E-state index contributed by atoms with van der Waals surface area (Å²) in [5, 5.41) is 4.93. The van der Waals surface area contributed by atoms with Gasteiger partial charge in [-0.2, -0.15) is 0 Å². The minimum atomic E-state index is 0.951. The molecule has 0 spiro atoms. The van der Waals surface area contributed by atoms with E-state index in [9.17, 15) is 0 Å². The fraction of sp³-hybridized carbons (Fsp3) is 0. The Hall–Kier alpha value is -3.00. The molecule has 0 saturated carbocycles. The molecule has 0 atom stereocenters.